The fourth-order valence-corrected chi connectivity index (χ4v) is 1.64. The van der Waals surface area contributed by atoms with E-state index in [1.807, 2.05) is 0 Å². The molecule has 0 aliphatic rings. The van der Waals surface area contributed by atoms with Crippen LogP contribution >= 0.6 is 24.0 Å². The molecule has 1 aromatic carbocycles. The molecule has 132 valence electrons. The van der Waals surface area contributed by atoms with Crippen molar-refractivity contribution in [1.29, 1.82) is 0 Å². The average Bonchev–Trinajstić information content (AvgIpc) is 2.44. The van der Waals surface area contributed by atoms with Crippen molar-refractivity contribution in [3.8, 4) is 5.75 Å². The van der Waals surface area contributed by atoms with Crippen LogP contribution in [-0.4, -0.2) is 50.8 Å². The van der Waals surface area contributed by atoms with Gasteiger partial charge in [-0.25, -0.2) is 4.39 Å². The van der Waals surface area contributed by atoms with Crippen LogP contribution in [0, 0.1) is 5.82 Å². The molecule has 0 radical (unpaired) electrons. The molecular formula is C14H20F4IN3O. The van der Waals surface area contributed by atoms with E-state index in [0.717, 1.165) is 0 Å². The predicted molar refractivity (Wildman–Crippen MR) is 92.0 cm³/mol. The molecule has 4 nitrogen and oxygen atoms in total. The molecule has 0 aromatic heterocycles. The Hall–Kier alpha value is -1.26. The Morgan fingerprint density at radius 1 is 1.26 bits per heavy atom. The number of guanidine groups is 1. The molecule has 0 atom stereocenters. The Morgan fingerprint density at radius 2 is 1.87 bits per heavy atom. The molecule has 0 bridgehead atoms. The normalized spacial score (nSPS) is 11.7. The van der Waals surface area contributed by atoms with Crippen molar-refractivity contribution < 1.29 is 22.3 Å². The van der Waals surface area contributed by atoms with Gasteiger partial charge in [0, 0.05) is 20.6 Å². The van der Waals surface area contributed by atoms with Crippen molar-refractivity contribution in [2.45, 2.75) is 12.6 Å². The van der Waals surface area contributed by atoms with E-state index in [2.05, 4.69) is 10.3 Å². The second kappa shape index (κ2) is 10.5. The van der Waals surface area contributed by atoms with Crippen LogP contribution in [0.3, 0.4) is 0 Å². The minimum atomic E-state index is -4.20. The largest absolute Gasteiger partial charge is 0.492 e. The summed E-state index contributed by atoms with van der Waals surface area (Å²) in [5.74, 6) is 0.528. The summed E-state index contributed by atoms with van der Waals surface area (Å²) in [5.41, 5.74) is 0. The third kappa shape index (κ3) is 9.47. The molecule has 9 heteroatoms. The Kier molecular flexibility index (Phi) is 9.93. The zero-order chi connectivity index (χ0) is 16.6. The molecule has 0 spiro atoms. The smallest absolute Gasteiger partial charge is 0.390 e. The quantitative estimate of drug-likeness (QED) is 0.314. The molecule has 0 fully saturated rings. The van der Waals surface area contributed by atoms with Crippen LogP contribution in [0.25, 0.3) is 0 Å². The molecule has 0 saturated carbocycles. The molecule has 1 N–H and O–H groups in total. The van der Waals surface area contributed by atoms with E-state index >= 15 is 0 Å². The number of aliphatic imine (C=N–C) groups is 1. The van der Waals surface area contributed by atoms with Crippen LogP contribution in [0.15, 0.2) is 29.3 Å². The van der Waals surface area contributed by atoms with Gasteiger partial charge in [-0.3, -0.25) is 4.99 Å². The van der Waals surface area contributed by atoms with Gasteiger partial charge in [0.1, 0.15) is 18.2 Å². The number of alkyl halides is 3. The van der Waals surface area contributed by atoms with E-state index in [9.17, 15) is 17.6 Å². The summed E-state index contributed by atoms with van der Waals surface area (Å²) in [4.78, 5) is 5.56. The number of ether oxygens (including phenoxy) is 1. The topological polar surface area (TPSA) is 36.9 Å². The summed E-state index contributed by atoms with van der Waals surface area (Å²) in [5, 5.41) is 2.63. The molecule has 0 unspecified atom stereocenters. The van der Waals surface area contributed by atoms with Crippen LogP contribution in [0.2, 0.25) is 0 Å². The predicted octanol–water partition coefficient (Wildman–Crippen LogP) is 3.28. The first kappa shape index (κ1) is 21.7. The second-order valence-electron chi connectivity index (χ2n) is 4.56. The van der Waals surface area contributed by atoms with E-state index in [1.165, 1.54) is 31.3 Å². The van der Waals surface area contributed by atoms with Crippen molar-refractivity contribution in [3.05, 3.63) is 30.1 Å². The molecule has 0 saturated heterocycles. The van der Waals surface area contributed by atoms with Gasteiger partial charge in [0.05, 0.1) is 13.0 Å². The minimum absolute atomic E-state index is 0. The molecule has 1 aromatic rings. The first-order valence-electron chi connectivity index (χ1n) is 6.69. The van der Waals surface area contributed by atoms with Gasteiger partial charge in [-0.15, -0.1) is 24.0 Å². The van der Waals surface area contributed by atoms with Gasteiger partial charge < -0.3 is 15.0 Å². The number of rotatable bonds is 6. The standard InChI is InChI=1S/C14H19F4N3O.HI/c1-19-13(20-8-7-14(16,17)18)21(2)9-10-22-12-5-3-11(15)4-6-12;/h3-6H,7-10H2,1-2H3,(H,19,20);1H. The summed E-state index contributed by atoms with van der Waals surface area (Å²) in [7, 11) is 3.18. The van der Waals surface area contributed by atoms with Crippen molar-refractivity contribution >= 4 is 29.9 Å². The second-order valence-corrected chi connectivity index (χ2v) is 4.56. The Bertz CT molecular complexity index is 480. The lowest BCUT2D eigenvalue weighted by Gasteiger charge is -2.22. The Balaban J connectivity index is 0.00000484. The van der Waals surface area contributed by atoms with E-state index in [4.69, 9.17) is 4.74 Å². The number of nitrogens with zero attached hydrogens (tertiary/aromatic N) is 2. The van der Waals surface area contributed by atoms with Crippen LogP contribution in [0.1, 0.15) is 6.42 Å². The third-order valence-corrected chi connectivity index (χ3v) is 2.77. The van der Waals surface area contributed by atoms with Crippen LogP contribution in [0.5, 0.6) is 5.75 Å². The Morgan fingerprint density at radius 3 is 2.39 bits per heavy atom. The molecule has 0 heterocycles. The lowest BCUT2D eigenvalue weighted by molar-refractivity contribution is -0.132. The first-order valence-corrected chi connectivity index (χ1v) is 6.69. The fourth-order valence-electron chi connectivity index (χ4n) is 1.64. The number of nitrogens with one attached hydrogen (secondary N) is 1. The highest BCUT2D eigenvalue weighted by Gasteiger charge is 2.26. The SMILES string of the molecule is CN=C(NCCC(F)(F)F)N(C)CCOc1ccc(F)cc1.I. The van der Waals surface area contributed by atoms with Crippen LogP contribution in [-0.2, 0) is 0 Å². The van der Waals surface area contributed by atoms with Crippen molar-refractivity contribution in [1.82, 2.24) is 10.2 Å². The third-order valence-electron chi connectivity index (χ3n) is 2.77. The molecule has 0 aliphatic carbocycles. The van der Waals surface area contributed by atoms with Gasteiger partial charge in [-0.1, -0.05) is 0 Å². The Labute approximate surface area is 149 Å². The van der Waals surface area contributed by atoms with Gasteiger partial charge in [0.15, 0.2) is 5.96 Å². The first-order chi connectivity index (χ1) is 10.3. The van der Waals surface area contributed by atoms with E-state index in [-0.39, 0.29) is 36.3 Å². The zero-order valence-corrected chi connectivity index (χ0v) is 15.2. The molecular weight excluding hydrogens is 429 g/mol. The molecule has 0 aliphatic heterocycles. The highest BCUT2D eigenvalue weighted by Crippen LogP contribution is 2.18. The number of hydrogen-bond acceptors (Lipinski definition) is 2. The van der Waals surface area contributed by atoms with Gasteiger partial charge in [0.25, 0.3) is 0 Å². The average molecular weight is 449 g/mol. The zero-order valence-electron chi connectivity index (χ0n) is 12.9. The van der Waals surface area contributed by atoms with Crippen molar-refractivity contribution in [2.75, 3.05) is 33.8 Å². The van der Waals surface area contributed by atoms with E-state index in [0.29, 0.717) is 24.9 Å². The number of hydrogen-bond donors (Lipinski definition) is 1. The van der Waals surface area contributed by atoms with Gasteiger partial charge in [-0.2, -0.15) is 13.2 Å². The van der Waals surface area contributed by atoms with E-state index < -0.39 is 12.6 Å². The maximum Gasteiger partial charge on any atom is 0.390 e. The molecule has 23 heavy (non-hydrogen) atoms. The van der Waals surface area contributed by atoms with Crippen LogP contribution in [0.4, 0.5) is 17.6 Å². The number of halogens is 5. The maximum absolute atomic E-state index is 12.7. The van der Waals surface area contributed by atoms with Gasteiger partial charge in [0.2, 0.25) is 0 Å². The summed E-state index contributed by atoms with van der Waals surface area (Å²) < 4.78 is 54.4. The highest BCUT2D eigenvalue weighted by atomic mass is 127. The summed E-state index contributed by atoms with van der Waals surface area (Å²) in [6.07, 6.45) is -5.12. The molecule has 1 rings (SSSR count). The lowest BCUT2D eigenvalue weighted by Crippen LogP contribution is -2.42. The van der Waals surface area contributed by atoms with Gasteiger partial charge >= 0.3 is 6.18 Å². The number of benzene rings is 1. The minimum Gasteiger partial charge on any atom is -0.492 e. The monoisotopic (exact) mass is 449 g/mol. The fraction of sp³-hybridized carbons (Fsp3) is 0.500. The van der Waals surface area contributed by atoms with Crippen molar-refractivity contribution in [2.24, 2.45) is 4.99 Å². The summed E-state index contributed by atoms with van der Waals surface area (Å²) in [6, 6.07) is 5.59. The summed E-state index contributed by atoms with van der Waals surface area (Å²) in [6.45, 7) is 0.477. The van der Waals surface area contributed by atoms with Crippen LogP contribution < -0.4 is 10.1 Å². The maximum atomic E-state index is 12.7. The summed E-state index contributed by atoms with van der Waals surface area (Å²) >= 11 is 0. The van der Waals surface area contributed by atoms with Gasteiger partial charge in [-0.05, 0) is 24.3 Å². The molecule has 0 amide bonds. The highest BCUT2D eigenvalue weighted by molar-refractivity contribution is 14.0. The lowest BCUT2D eigenvalue weighted by atomic mass is 10.3. The van der Waals surface area contributed by atoms with E-state index in [1.54, 1.807) is 11.9 Å². The van der Waals surface area contributed by atoms with Crippen molar-refractivity contribution in [3.63, 3.8) is 0 Å². The number of likely N-dealkylation sites (N-methyl/N-ethyl adjacent to an activating group) is 1.